The zero-order chi connectivity index (χ0) is 10.8. The molecule has 1 atom stereocenters. The Kier molecular flexibility index (Phi) is 3.14. The molecule has 2 N–H and O–H groups in total. The fourth-order valence-corrected chi connectivity index (χ4v) is 2.94. The molecule has 0 bridgehead atoms. The van der Waals surface area contributed by atoms with Gasteiger partial charge in [0.05, 0.1) is 16.2 Å². The van der Waals surface area contributed by atoms with E-state index in [9.17, 15) is 0 Å². The van der Waals surface area contributed by atoms with Gasteiger partial charge >= 0.3 is 0 Å². The van der Waals surface area contributed by atoms with Crippen LogP contribution in [-0.2, 0) is 6.42 Å². The summed E-state index contributed by atoms with van der Waals surface area (Å²) in [7, 11) is 0. The van der Waals surface area contributed by atoms with Gasteiger partial charge in [0.25, 0.3) is 0 Å². The Morgan fingerprint density at radius 2 is 2.27 bits per heavy atom. The van der Waals surface area contributed by atoms with Gasteiger partial charge in [0, 0.05) is 28.4 Å². The van der Waals surface area contributed by atoms with Crippen LogP contribution in [0.5, 0.6) is 0 Å². The maximum atomic E-state index is 6.07. The van der Waals surface area contributed by atoms with E-state index in [1.165, 1.54) is 4.88 Å². The van der Waals surface area contributed by atoms with Crippen LogP contribution in [0.1, 0.15) is 26.5 Å². The predicted molar refractivity (Wildman–Crippen MR) is 64.3 cm³/mol. The summed E-state index contributed by atoms with van der Waals surface area (Å²) in [6.45, 7) is 4.13. The number of nitrogens with zero attached hydrogens (tertiary/aromatic N) is 2. The summed E-state index contributed by atoms with van der Waals surface area (Å²) < 4.78 is 0. The van der Waals surface area contributed by atoms with Crippen molar-refractivity contribution in [1.29, 1.82) is 0 Å². The zero-order valence-electron chi connectivity index (χ0n) is 8.73. The van der Waals surface area contributed by atoms with E-state index in [-0.39, 0.29) is 6.04 Å². The van der Waals surface area contributed by atoms with Gasteiger partial charge in [0.15, 0.2) is 0 Å². The number of hydrogen-bond acceptors (Lipinski definition) is 5. The van der Waals surface area contributed by atoms with Crippen LogP contribution in [0, 0.1) is 13.8 Å². The standard InChI is InChI=1S/C10H13N3S2/c1-6-7(2)15-10(13-6)3-8(11)9-4-12-5-14-9/h4-5,8H,3,11H2,1-2H3. The molecule has 0 amide bonds. The Hall–Kier alpha value is -0.780. The Morgan fingerprint density at radius 1 is 1.47 bits per heavy atom. The average Bonchev–Trinajstić information content (AvgIpc) is 2.77. The van der Waals surface area contributed by atoms with Gasteiger partial charge in [-0.05, 0) is 13.8 Å². The van der Waals surface area contributed by atoms with Gasteiger partial charge in [0.1, 0.15) is 0 Å². The van der Waals surface area contributed by atoms with Crippen molar-refractivity contribution in [2.24, 2.45) is 5.73 Å². The lowest BCUT2D eigenvalue weighted by molar-refractivity contribution is 0.729. The van der Waals surface area contributed by atoms with E-state index in [1.54, 1.807) is 22.7 Å². The Bertz CT molecular complexity index is 414. The molecule has 2 heterocycles. The van der Waals surface area contributed by atoms with Crippen molar-refractivity contribution in [2.75, 3.05) is 0 Å². The first kappa shape index (κ1) is 10.7. The Balaban J connectivity index is 2.09. The normalized spacial score (nSPS) is 13.0. The molecule has 1 unspecified atom stereocenters. The molecule has 0 aliphatic rings. The van der Waals surface area contributed by atoms with Crippen LogP contribution in [0.15, 0.2) is 11.7 Å². The second-order valence-corrected chi connectivity index (χ2v) is 5.67. The number of rotatable bonds is 3. The highest BCUT2D eigenvalue weighted by atomic mass is 32.1. The average molecular weight is 239 g/mol. The Morgan fingerprint density at radius 3 is 2.80 bits per heavy atom. The van der Waals surface area contributed by atoms with E-state index in [1.807, 2.05) is 18.6 Å². The van der Waals surface area contributed by atoms with E-state index >= 15 is 0 Å². The second-order valence-electron chi connectivity index (χ2n) is 3.46. The summed E-state index contributed by atoms with van der Waals surface area (Å²) in [5.41, 5.74) is 9.00. The van der Waals surface area contributed by atoms with Crippen molar-refractivity contribution in [3.05, 3.63) is 32.2 Å². The number of aromatic nitrogens is 2. The number of hydrogen-bond donors (Lipinski definition) is 1. The summed E-state index contributed by atoms with van der Waals surface area (Å²) in [5, 5.41) is 1.12. The first-order valence-corrected chi connectivity index (χ1v) is 6.43. The third kappa shape index (κ3) is 2.42. The number of nitrogens with two attached hydrogens (primary N) is 1. The number of aryl methyl sites for hydroxylation is 2. The molecule has 0 aliphatic heterocycles. The third-order valence-electron chi connectivity index (χ3n) is 2.28. The fraction of sp³-hybridized carbons (Fsp3) is 0.400. The van der Waals surface area contributed by atoms with Crippen LogP contribution < -0.4 is 5.73 Å². The molecule has 3 nitrogen and oxygen atoms in total. The van der Waals surface area contributed by atoms with Crippen molar-refractivity contribution < 1.29 is 0 Å². The monoisotopic (exact) mass is 239 g/mol. The molecule has 0 saturated carbocycles. The highest BCUT2D eigenvalue weighted by Gasteiger charge is 2.12. The molecule has 0 aromatic carbocycles. The first-order chi connectivity index (χ1) is 7.16. The molecule has 2 rings (SSSR count). The maximum absolute atomic E-state index is 6.07. The minimum Gasteiger partial charge on any atom is -0.323 e. The summed E-state index contributed by atoms with van der Waals surface area (Å²) in [5.74, 6) is 0. The van der Waals surface area contributed by atoms with Crippen molar-refractivity contribution in [2.45, 2.75) is 26.3 Å². The lowest BCUT2D eigenvalue weighted by atomic mass is 10.2. The molecule has 0 fully saturated rings. The molecule has 0 aliphatic carbocycles. The molecule has 2 aromatic heterocycles. The van der Waals surface area contributed by atoms with Gasteiger partial charge < -0.3 is 5.73 Å². The predicted octanol–water partition coefficient (Wildman–Crippen LogP) is 2.46. The van der Waals surface area contributed by atoms with Gasteiger partial charge in [0.2, 0.25) is 0 Å². The molecule has 15 heavy (non-hydrogen) atoms. The van der Waals surface area contributed by atoms with Gasteiger partial charge in [-0.25, -0.2) is 4.98 Å². The zero-order valence-corrected chi connectivity index (χ0v) is 10.4. The summed E-state index contributed by atoms with van der Waals surface area (Å²) in [6.07, 6.45) is 2.64. The van der Waals surface area contributed by atoms with E-state index in [4.69, 9.17) is 5.73 Å². The van der Waals surface area contributed by atoms with Gasteiger partial charge in [-0.2, -0.15) is 0 Å². The van der Waals surface area contributed by atoms with Gasteiger partial charge in [-0.15, -0.1) is 22.7 Å². The van der Waals surface area contributed by atoms with Crippen molar-refractivity contribution >= 4 is 22.7 Å². The second kappa shape index (κ2) is 4.38. The molecule has 80 valence electrons. The van der Waals surface area contributed by atoms with Crippen LogP contribution in [0.4, 0.5) is 0 Å². The van der Waals surface area contributed by atoms with Crippen LogP contribution in [0.2, 0.25) is 0 Å². The Labute approximate surface area is 97.0 Å². The van der Waals surface area contributed by atoms with Gasteiger partial charge in [-0.3, -0.25) is 4.98 Å². The molecular formula is C10H13N3S2. The van der Waals surface area contributed by atoms with E-state index < -0.39 is 0 Å². The molecule has 5 heteroatoms. The van der Waals surface area contributed by atoms with Crippen molar-refractivity contribution in [3.8, 4) is 0 Å². The van der Waals surface area contributed by atoms with Crippen LogP contribution in [-0.4, -0.2) is 9.97 Å². The topological polar surface area (TPSA) is 51.8 Å². The molecule has 2 aromatic rings. The smallest absolute Gasteiger partial charge is 0.0950 e. The molecule has 0 saturated heterocycles. The lowest BCUT2D eigenvalue weighted by Gasteiger charge is -2.05. The summed E-state index contributed by atoms with van der Waals surface area (Å²) >= 11 is 3.34. The van der Waals surface area contributed by atoms with Crippen molar-refractivity contribution in [3.63, 3.8) is 0 Å². The highest BCUT2D eigenvalue weighted by molar-refractivity contribution is 7.11. The van der Waals surface area contributed by atoms with E-state index in [2.05, 4.69) is 16.9 Å². The fourth-order valence-electron chi connectivity index (χ4n) is 1.32. The number of thiazole rings is 2. The summed E-state index contributed by atoms with van der Waals surface area (Å²) in [4.78, 5) is 10.9. The quantitative estimate of drug-likeness (QED) is 0.895. The van der Waals surface area contributed by atoms with Crippen LogP contribution in [0.3, 0.4) is 0 Å². The lowest BCUT2D eigenvalue weighted by Crippen LogP contribution is -2.11. The van der Waals surface area contributed by atoms with E-state index in [0.29, 0.717) is 0 Å². The van der Waals surface area contributed by atoms with E-state index in [0.717, 1.165) is 22.0 Å². The SMILES string of the molecule is Cc1nc(CC(N)c2cncs2)sc1C. The highest BCUT2D eigenvalue weighted by Crippen LogP contribution is 2.23. The maximum Gasteiger partial charge on any atom is 0.0950 e. The third-order valence-corrected chi connectivity index (χ3v) is 4.29. The first-order valence-electron chi connectivity index (χ1n) is 4.73. The van der Waals surface area contributed by atoms with Crippen molar-refractivity contribution in [1.82, 2.24) is 9.97 Å². The van der Waals surface area contributed by atoms with Crippen LogP contribution in [0.25, 0.3) is 0 Å². The summed E-state index contributed by atoms with van der Waals surface area (Å²) in [6, 6.07) is 0.0300. The largest absolute Gasteiger partial charge is 0.323 e. The molecule has 0 spiro atoms. The van der Waals surface area contributed by atoms with Gasteiger partial charge in [-0.1, -0.05) is 0 Å². The minimum atomic E-state index is 0.0300. The molecule has 0 radical (unpaired) electrons. The molecular weight excluding hydrogens is 226 g/mol. The minimum absolute atomic E-state index is 0.0300. The van der Waals surface area contributed by atoms with Crippen LogP contribution >= 0.6 is 22.7 Å².